The lowest BCUT2D eigenvalue weighted by Gasteiger charge is -2.11. The molecule has 2 nitrogen and oxygen atoms in total. The van der Waals surface area contributed by atoms with Crippen molar-refractivity contribution in [2.75, 3.05) is 5.73 Å². The van der Waals surface area contributed by atoms with Gasteiger partial charge in [0.2, 0.25) is 0 Å². The molecule has 2 aliphatic rings. The fourth-order valence-electron chi connectivity index (χ4n) is 2.83. The van der Waals surface area contributed by atoms with Gasteiger partial charge in [-0.05, 0) is 48.4 Å². The van der Waals surface area contributed by atoms with Crippen LogP contribution in [0.3, 0.4) is 0 Å². The van der Waals surface area contributed by atoms with E-state index in [9.17, 15) is 0 Å². The largest absolute Gasteiger partial charge is 0.397 e. The molecule has 0 radical (unpaired) electrons. The Bertz CT molecular complexity index is 578. The van der Waals surface area contributed by atoms with Crippen molar-refractivity contribution < 1.29 is 0 Å². The van der Waals surface area contributed by atoms with Gasteiger partial charge in [0.25, 0.3) is 0 Å². The zero-order valence-electron chi connectivity index (χ0n) is 12.6. The molecule has 0 saturated carbocycles. The van der Waals surface area contributed by atoms with Gasteiger partial charge in [0.15, 0.2) is 0 Å². The predicted octanol–water partition coefficient (Wildman–Crippen LogP) is 5.32. The Morgan fingerprint density at radius 3 is 2.76 bits per heavy atom. The van der Waals surface area contributed by atoms with Crippen molar-refractivity contribution in [1.82, 2.24) is 0 Å². The molecule has 2 N–H and O–H groups in total. The van der Waals surface area contributed by atoms with Crippen LogP contribution < -0.4 is 5.73 Å². The van der Waals surface area contributed by atoms with Crippen LogP contribution in [0.4, 0.5) is 5.69 Å². The molecule has 21 heavy (non-hydrogen) atoms. The van der Waals surface area contributed by atoms with Crippen LogP contribution in [0.1, 0.15) is 44.2 Å². The van der Waals surface area contributed by atoms with E-state index in [1.807, 2.05) is 26.1 Å². The number of aliphatic imine (C=N–C) groups is 1. The highest BCUT2D eigenvalue weighted by molar-refractivity contribution is 9.09. The number of hydrogen-bond acceptors (Lipinski definition) is 2. The third kappa shape index (κ3) is 3.70. The lowest BCUT2D eigenvalue weighted by atomic mass is 9.99. The maximum absolute atomic E-state index is 6.12. The maximum atomic E-state index is 6.12. The fraction of sp³-hybridized carbons (Fsp3) is 0.471. The fourth-order valence-corrected chi connectivity index (χ4v) is 3.36. The summed E-state index contributed by atoms with van der Waals surface area (Å²) in [6.07, 6.45) is 7.16. The van der Waals surface area contributed by atoms with Crippen molar-refractivity contribution in [3.05, 3.63) is 39.6 Å². The Labute approximate surface area is 140 Å². The normalized spacial score (nSPS) is 20.7. The van der Waals surface area contributed by atoms with Crippen molar-refractivity contribution in [3.63, 3.8) is 0 Å². The minimum absolute atomic E-state index is 0.397. The lowest BCUT2D eigenvalue weighted by molar-refractivity contribution is 0.807. The summed E-state index contributed by atoms with van der Waals surface area (Å²) in [6, 6.07) is 3.99. The molecule has 1 aliphatic carbocycles. The quantitative estimate of drug-likeness (QED) is 0.488. The second-order valence-electron chi connectivity index (χ2n) is 5.16. The number of anilines is 1. The molecule has 1 aliphatic heterocycles. The number of allylic oxidation sites excluding steroid dienone is 2. The summed E-state index contributed by atoms with van der Waals surface area (Å²) >= 11 is 9.75. The Hall–Kier alpha value is -0.800. The number of alkyl halides is 1. The Kier molecular flexibility index (Phi) is 5.88. The number of fused-ring (bicyclic) bond motifs is 1. The van der Waals surface area contributed by atoms with E-state index in [1.165, 1.54) is 22.4 Å². The second-order valence-corrected chi connectivity index (χ2v) is 6.74. The monoisotopic (exact) mass is 368 g/mol. The smallest absolute Gasteiger partial charge is 0.0638 e. The Balaban J connectivity index is 0.000000774. The van der Waals surface area contributed by atoms with Crippen LogP contribution in [0.25, 0.3) is 0 Å². The number of halogens is 2. The van der Waals surface area contributed by atoms with Crippen molar-refractivity contribution in [1.29, 1.82) is 0 Å². The molecule has 3 rings (SSSR count). The van der Waals surface area contributed by atoms with Gasteiger partial charge in [-0.1, -0.05) is 47.4 Å². The first-order valence-electron chi connectivity index (χ1n) is 7.60. The van der Waals surface area contributed by atoms with Gasteiger partial charge < -0.3 is 5.73 Å². The van der Waals surface area contributed by atoms with Gasteiger partial charge in [-0.25, -0.2) is 0 Å². The molecule has 1 aromatic carbocycles. The highest BCUT2D eigenvalue weighted by Crippen LogP contribution is 2.35. The molecule has 0 aromatic heterocycles. The summed E-state index contributed by atoms with van der Waals surface area (Å²) < 4.78 is 0. The Morgan fingerprint density at radius 1 is 1.24 bits per heavy atom. The van der Waals surface area contributed by atoms with Gasteiger partial charge in [-0.15, -0.1) is 0 Å². The minimum Gasteiger partial charge on any atom is -0.397 e. The molecule has 1 aromatic rings. The van der Waals surface area contributed by atoms with Gasteiger partial charge >= 0.3 is 0 Å². The van der Waals surface area contributed by atoms with Gasteiger partial charge in [-0.2, -0.15) is 0 Å². The number of nitrogens with zero attached hydrogens (tertiary/aromatic N) is 1. The summed E-state index contributed by atoms with van der Waals surface area (Å²) in [5, 5.41) is 0.667. The second kappa shape index (κ2) is 7.46. The van der Waals surface area contributed by atoms with E-state index in [0.717, 1.165) is 37.8 Å². The van der Waals surface area contributed by atoms with Gasteiger partial charge in [-0.3, -0.25) is 4.99 Å². The zero-order chi connectivity index (χ0) is 15.4. The number of hydrogen-bond donors (Lipinski definition) is 1. The van der Waals surface area contributed by atoms with Crippen LogP contribution in [0.2, 0.25) is 5.02 Å². The third-order valence-corrected chi connectivity index (χ3v) is 4.98. The first-order chi connectivity index (χ1) is 10.1. The maximum Gasteiger partial charge on any atom is 0.0638 e. The van der Waals surface area contributed by atoms with Crippen LogP contribution in [0.5, 0.6) is 0 Å². The Morgan fingerprint density at radius 2 is 2.00 bits per heavy atom. The van der Waals surface area contributed by atoms with Gasteiger partial charge in [0.1, 0.15) is 0 Å². The molecule has 0 saturated heterocycles. The average Bonchev–Trinajstić information content (AvgIpc) is 2.78. The molecule has 114 valence electrons. The van der Waals surface area contributed by atoms with E-state index in [1.54, 1.807) is 0 Å². The highest BCUT2D eigenvalue weighted by atomic mass is 79.9. The van der Waals surface area contributed by atoms with Crippen molar-refractivity contribution >= 4 is 39.4 Å². The first kappa shape index (κ1) is 16.6. The minimum atomic E-state index is 0.397. The average molecular weight is 370 g/mol. The van der Waals surface area contributed by atoms with E-state index in [-0.39, 0.29) is 0 Å². The zero-order valence-corrected chi connectivity index (χ0v) is 15.0. The molecule has 4 heteroatoms. The molecule has 0 fully saturated rings. The number of nitrogen functional groups attached to an aromatic ring is 1. The third-order valence-electron chi connectivity index (χ3n) is 3.96. The van der Waals surface area contributed by atoms with E-state index < -0.39 is 0 Å². The molecule has 0 amide bonds. The van der Waals surface area contributed by atoms with E-state index in [0.29, 0.717) is 9.85 Å². The van der Waals surface area contributed by atoms with E-state index in [4.69, 9.17) is 17.3 Å². The van der Waals surface area contributed by atoms with Gasteiger partial charge in [0.05, 0.1) is 15.5 Å². The summed E-state index contributed by atoms with van der Waals surface area (Å²) in [4.78, 5) is 5.07. The first-order valence-corrected chi connectivity index (χ1v) is 8.89. The van der Waals surface area contributed by atoms with Crippen molar-refractivity contribution in [3.8, 4) is 0 Å². The van der Waals surface area contributed by atoms with Gasteiger partial charge in [0, 0.05) is 18.3 Å². The van der Waals surface area contributed by atoms with Crippen molar-refractivity contribution in [2.45, 2.75) is 50.8 Å². The molecule has 0 bridgehead atoms. The molecule has 0 spiro atoms. The molecule has 1 heterocycles. The standard InChI is InChI=1S/C15H16BrClN2.C2H6/c16-11-4-1-9-2-5-12-10(7-14(9)19-8-11)3-6-13(17)15(12)18;1-2/h3,6,8,11H,1-2,4-5,7,18H2;1-2H3. The van der Waals surface area contributed by atoms with Crippen LogP contribution >= 0.6 is 27.5 Å². The van der Waals surface area contributed by atoms with E-state index in [2.05, 4.69) is 27.0 Å². The number of nitrogens with two attached hydrogens (primary N) is 1. The predicted molar refractivity (Wildman–Crippen MR) is 96.7 cm³/mol. The summed E-state index contributed by atoms with van der Waals surface area (Å²) in [5.41, 5.74) is 12.1. The van der Waals surface area contributed by atoms with Crippen LogP contribution in [-0.2, 0) is 12.8 Å². The molecule has 1 unspecified atom stereocenters. The van der Waals surface area contributed by atoms with E-state index >= 15 is 0 Å². The molecule has 1 atom stereocenters. The van der Waals surface area contributed by atoms with Crippen LogP contribution in [0.15, 0.2) is 28.4 Å². The highest BCUT2D eigenvalue weighted by Gasteiger charge is 2.20. The van der Waals surface area contributed by atoms with Crippen LogP contribution in [-0.4, -0.2) is 11.0 Å². The number of rotatable bonds is 0. The topological polar surface area (TPSA) is 38.4 Å². The molecular weight excluding hydrogens is 348 g/mol. The SMILES string of the molecule is CC.Nc1c(Cl)ccc2c1CCC1=C(C2)N=CC(Br)CC1. The number of benzene rings is 1. The lowest BCUT2D eigenvalue weighted by Crippen LogP contribution is -2.01. The van der Waals surface area contributed by atoms with Crippen LogP contribution in [0, 0.1) is 0 Å². The summed E-state index contributed by atoms with van der Waals surface area (Å²) in [7, 11) is 0. The van der Waals surface area contributed by atoms with Crippen molar-refractivity contribution in [2.24, 2.45) is 4.99 Å². The molecular formula is C17H22BrClN2. The summed E-state index contributed by atoms with van der Waals surface area (Å²) in [6.45, 7) is 4.00. The summed E-state index contributed by atoms with van der Waals surface area (Å²) in [5.74, 6) is 0.